The van der Waals surface area contributed by atoms with Crippen molar-refractivity contribution in [3.63, 3.8) is 0 Å². The summed E-state index contributed by atoms with van der Waals surface area (Å²) in [5.41, 5.74) is 0.850. The van der Waals surface area contributed by atoms with Crippen molar-refractivity contribution >= 4 is 11.6 Å². The van der Waals surface area contributed by atoms with Crippen LogP contribution in [0.1, 0.15) is 32.3 Å². The topological polar surface area (TPSA) is 44.2 Å². The minimum absolute atomic E-state index is 0.462. The van der Waals surface area contributed by atoms with Gasteiger partial charge in [-0.05, 0) is 12.8 Å². The van der Waals surface area contributed by atoms with Crippen molar-refractivity contribution in [2.24, 2.45) is 0 Å². The predicted octanol–water partition coefficient (Wildman–Crippen LogP) is 2.89. The Hall–Kier alpha value is -0.870. The first-order chi connectivity index (χ1) is 8.29. The molecule has 0 N–H and O–H groups in total. The molecule has 1 heterocycles. The molecular weight excluding hydrogens is 240 g/mol. The second kappa shape index (κ2) is 8.25. The minimum atomic E-state index is 0.462. The molecule has 0 atom stereocenters. The fourth-order valence-electron chi connectivity index (χ4n) is 1.34. The minimum Gasteiger partial charge on any atom is -0.475 e. The third-order valence-electron chi connectivity index (χ3n) is 2.32. The van der Waals surface area contributed by atoms with E-state index in [9.17, 15) is 0 Å². The Labute approximate surface area is 107 Å². The number of aromatic nitrogens is 2. The third kappa shape index (κ3) is 4.88. The van der Waals surface area contributed by atoms with Gasteiger partial charge in [-0.25, -0.2) is 9.97 Å². The number of unbranched alkanes of at least 4 members (excludes halogenated alkanes) is 1. The first kappa shape index (κ1) is 14.2. The van der Waals surface area contributed by atoms with Crippen LogP contribution in [0.5, 0.6) is 5.88 Å². The first-order valence-electron chi connectivity index (χ1n) is 5.99. The van der Waals surface area contributed by atoms with Crippen molar-refractivity contribution in [3.8, 4) is 5.88 Å². The highest BCUT2D eigenvalue weighted by Gasteiger charge is 2.08. The molecular formula is C12H19ClN2O2. The Kier molecular flexibility index (Phi) is 6.89. The molecule has 0 aliphatic heterocycles. The molecule has 1 rings (SSSR count). The van der Waals surface area contributed by atoms with E-state index in [0.29, 0.717) is 24.2 Å². The van der Waals surface area contributed by atoms with Crippen molar-refractivity contribution in [1.29, 1.82) is 0 Å². The van der Waals surface area contributed by atoms with E-state index < -0.39 is 0 Å². The highest BCUT2D eigenvalue weighted by molar-refractivity contribution is 6.30. The Bertz CT molecular complexity index is 334. The van der Waals surface area contributed by atoms with E-state index in [1.807, 2.05) is 6.92 Å². The van der Waals surface area contributed by atoms with Crippen LogP contribution in [0.3, 0.4) is 0 Å². The van der Waals surface area contributed by atoms with E-state index in [-0.39, 0.29) is 0 Å². The van der Waals surface area contributed by atoms with Crippen LogP contribution in [0, 0.1) is 0 Å². The fraction of sp³-hybridized carbons (Fsp3) is 0.667. The van der Waals surface area contributed by atoms with Crippen LogP contribution in [0.15, 0.2) is 6.33 Å². The lowest BCUT2D eigenvalue weighted by Crippen LogP contribution is -2.10. The third-order valence-corrected chi connectivity index (χ3v) is 2.64. The Morgan fingerprint density at radius 3 is 2.71 bits per heavy atom. The molecule has 0 aliphatic carbocycles. The highest BCUT2D eigenvalue weighted by atomic mass is 35.5. The van der Waals surface area contributed by atoms with Gasteiger partial charge in [0.05, 0.1) is 12.2 Å². The maximum absolute atomic E-state index is 5.95. The van der Waals surface area contributed by atoms with Gasteiger partial charge in [0, 0.05) is 6.61 Å². The zero-order valence-corrected chi connectivity index (χ0v) is 11.2. The molecule has 5 heteroatoms. The molecule has 4 nitrogen and oxygen atoms in total. The van der Waals surface area contributed by atoms with Crippen LogP contribution in [0.2, 0.25) is 5.15 Å². The van der Waals surface area contributed by atoms with E-state index in [1.165, 1.54) is 6.33 Å². The van der Waals surface area contributed by atoms with Gasteiger partial charge in [-0.1, -0.05) is 31.9 Å². The van der Waals surface area contributed by atoms with Gasteiger partial charge >= 0.3 is 0 Å². The first-order valence-corrected chi connectivity index (χ1v) is 6.37. The molecule has 0 bridgehead atoms. The number of halogens is 1. The maximum atomic E-state index is 5.95. The van der Waals surface area contributed by atoms with Crippen molar-refractivity contribution < 1.29 is 9.47 Å². The number of hydrogen-bond donors (Lipinski definition) is 0. The molecule has 0 amide bonds. The Morgan fingerprint density at radius 2 is 2.00 bits per heavy atom. The van der Waals surface area contributed by atoms with Crippen LogP contribution >= 0.6 is 11.6 Å². The quantitative estimate of drug-likeness (QED) is 0.531. The lowest BCUT2D eigenvalue weighted by molar-refractivity contribution is 0.0961. The summed E-state index contributed by atoms with van der Waals surface area (Å²) in [6, 6.07) is 0. The van der Waals surface area contributed by atoms with Gasteiger partial charge in [0.2, 0.25) is 5.88 Å². The molecule has 0 fully saturated rings. The van der Waals surface area contributed by atoms with Gasteiger partial charge in [0.25, 0.3) is 0 Å². The fourth-order valence-corrected chi connectivity index (χ4v) is 1.60. The van der Waals surface area contributed by atoms with Gasteiger partial charge in [0.15, 0.2) is 0 Å². The number of nitrogens with zero attached hydrogens (tertiary/aromatic N) is 2. The molecule has 1 aromatic rings. The van der Waals surface area contributed by atoms with Gasteiger partial charge in [0.1, 0.15) is 18.1 Å². The summed E-state index contributed by atoms with van der Waals surface area (Å²) in [5.74, 6) is 0.562. The standard InChI is InChI=1S/C12H19ClN2O2/c1-3-5-6-16-7-8-17-12-10(4-2)11(13)14-9-15-12/h9H,3-8H2,1-2H3. The zero-order chi connectivity index (χ0) is 12.5. The average Bonchev–Trinajstić information content (AvgIpc) is 2.34. The van der Waals surface area contributed by atoms with Crippen molar-refractivity contribution in [3.05, 3.63) is 17.0 Å². The van der Waals surface area contributed by atoms with Crippen LogP contribution in [-0.4, -0.2) is 29.8 Å². The van der Waals surface area contributed by atoms with Crippen molar-refractivity contribution in [2.75, 3.05) is 19.8 Å². The molecule has 0 unspecified atom stereocenters. The molecule has 0 aromatic carbocycles. The molecule has 17 heavy (non-hydrogen) atoms. The summed E-state index contributed by atoms with van der Waals surface area (Å²) in [6.45, 7) is 5.98. The molecule has 96 valence electrons. The lowest BCUT2D eigenvalue weighted by atomic mass is 10.2. The van der Waals surface area contributed by atoms with E-state index in [0.717, 1.165) is 31.4 Å². The normalized spacial score (nSPS) is 10.5. The van der Waals surface area contributed by atoms with E-state index in [1.54, 1.807) is 0 Å². The number of ether oxygens (including phenoxy) is 2. The van der Waals surface area contributed by atoms with Crippen LogP contribution in [0.25, 0.3) is 0 Å². The van der Waals surface area contributed by atoms with E-state index >= 15 is 0 Å². The van der Waals surface area contributed by atoms with Gasteiger partial charge in [-0.3, -0.25) is 0 Å². The van der Waals surface area contributed by atoms with Crippen LogP contribution in [0.4, 0.5) is 0 Å². The molecule has 0 saturated heterocycles. The summed E-state index contributed by atoms with van der Waals surface area (Å²) in [6.07, 6.45) is 4.39. The monoisotopic (exact) mass is 258 g/mol. The van der Waals surface area contributed by atoms with E-state index in [4.69, 9.17) is 21.1 Å². The van der Waals surface area contributed by atoms with Crippen LogP contribution < -0.4 is 4.74 Å². The second-order valence-electron chi connectivity index (χ2n) is 3.62. The Balaban J connectivity index is 2.33. The molecule has 0 radical (unpaired) electrons. The van der Waals surface area contributed by atoms with Crippen molar-refractivity contribution in [1.82, 2.24) is 9.97 Å². The van der Waals surface area contributed by atoms with Crippen molar-refractivity contribution in [2.45, 2.75) is 33.1 Å². The largest absolute Gasteiger partial charge is 0.475 e. The SMILES string of the molecule is CCCCOCCOc1ncnc(Cl)c1CC. The molecule has 0 spiro atoms. The van der Waals surface area contributed by atoms with Crippen LogP contribution in [-0.2, 0) is 11.2 Å². The van der Waals surface area contributed by atoms with Gasteiger partial charge in [-0.15, -0.1) is 0 Å². The molecule has 0 aliphatic rings. The predicted molar refractivity (Wildman–Crippen MR) is 67.6 cm³/mol. The lowest BCUT2D eigenvalue weighted by Gasteiger charge is -2.09. The van der Waals surface area contributed by atoms with E-state index in [2.05, 4.69) is 16.9 Å². The summed E-state index contributed by atoms with van der Waals surface area (Å²) in [5, 5.41) is 0.462. The number of rotatable bonds is 8. The summed E-state index contributed by atoms with van der Waals surface area (Å²) >= 11 is 5.95. The average molecular weight is 259 g/mol. The summed E-state index contributed by atoms with van der Waals surface area (Å²) in [7, 11) is 0. The zero-order valence-electron chi connectivity index (χ0n) is 10.4. The maximum Gasteiger partial charge on any atom is 0.221 e. The molecule has 0 saturated carbocycles. The Morgan fingerprint density at radius 1 is 1.18 bits per heavy atom. The summed E-state index contributed by atoms with van der Waals surface area (Å²) < 4.78 is 10.9. The highest BCUT2D eigenvalue weighted by Crippen LogP contribution is 2.21. The second-order valence-corrected chi connectivity index (χ2v) is 3.97. The summed E-state index contributed by atoms with van der Waals surface area (Å²) in [4.78, 5) is 7.99. The number of hydrogen-bond acceptors (Lipinski definition) is 4. The smallest absolute Gasteiger partial charge is 0.221 e. The molecule has 1 aromatic heterocycles. The van der Waals surface area contributed by atoms with Gasteiger partial charge < -0.3 is 9.47 Å². The van der Waals surface area contributed by atoms with Gasteiger partial charge in [-0.2, -0.15) is 0 Å².